The minimum Gasteiger partial charge on any atom is -0.316 e. The average molecular weight is 409 g/mol. The first-order chi connectivity index (χ1) is 12.6. The number of nitrogens with zero attached hydrogens (tertiary/aromatic N) is 2. The molecule has 0 radical (unpaired) electrons. The van der Waals surface area contributed by atoms with Gasteiger partial charge in [0, 0.05) is 16.4 Å². The van der Waals surface area contributed by atoms with Gasteiger partial charge >= 0.3 is 0 Å². The fourth-order valence-corrected chi connectivity index (χ4v) is 7.24. The van der Waals surface area contributed by atoms with Crippen LogP contribution in [0.15, 0.2) is 29.3 Å². The van der Waals surface area contributed by atoms with Crippen molar-refractivity contribution in [1.82, 2.24) is 0 Å². The van der Waals surface area contributed by atoms with Crippen molar-refractivity contribution in [2.75, 3.05) is 16.4 Å². The van der Waals surface area contributed by atoms with Gasteiger partial charge in [0.15, 0.2) is 15.0 Å². The van der Waals surface area contributed by atoms with Gasteiger partial charge in [0.1, 0.15) is 0 Å². The number of rotatable bonds is 4. The number of thioether (sulfide) groups is 1. The van der Waals surface area contributed by atoms with Crippen LogP contribution in [0.2, 0.25) is 0 Å². The van der Waals surface area contributed by atoms with Crippen LogP contribution in [0, 0.1) is 5.41 Å². The number of amides is 1. The molecule has 1 aromatic rings. The molecule has 2 heterocycles. The Hall–Kier alpha value is -1.34. The monoisotopic (exact) mass is 408 g/mol. The van der Waals surface area contributed by atoms with Gasteiger partial charge in [-0.15, -0.1) is 0 Å². The fraction of sp³-hybridized carbons (Fsp3) is 0.600. The third kappa shape index (κ3) is 4.57. The van der Waals surface area contributed by atoms with Gasteiger partial charge in [-0.2, -0.15) is 4.99 Å². The Bertz CT molecular complexity index is 839. The number of anilines is 1. The Kier molecular flexibility index (Phi) is 5.73. The Morgan fingerprint density at radius 3 is 2.48 bits per heavy atom. The lowest BCUT2D eigenvalue weighted by Crippen LogP contribution is -2.38. The highest BCUT2D eigenvalue weighted by atomic mass is 32.2. The molecular weight excluding hydrogens is 380 g/mol. The van der Waals surface area contributed by atoms with Crippen LogP contribution in [-0.4, -0.2) is 42.3 Å². The van der Waals surface area contributed by atoms with Crippen LogP contribution < -0.4 is 4.90 Å². The van der Waals surface area contributed by atoms with E-state index in [0.717, 1.165) is 24.9 Å². The quantitative estimate of drug-likeness (QED) is 0.760. The van der Waals surface area contributed by atoms with E-state index in [1.807, 2.05) is 37.8 Å². The maximum Gasteiger partial charge on any atom is 0.253 e. The molecule has 1 aromatic carbocycles. The number of carbonyl (C=O) groups excluding carboxylic acids is 1. The summed E-state index contributed by atoms with van der Waals surface area (Å²) in [5, 5.41) is 0.558. The summed E-state index contributed by atoms with van der Waals surface area (Å²) in [6, 6.07) is 8.07. The summed E-state index contributed by atoms with van der Waals surface area (Å²) in [6.07, 6.45) is 3.34. The van der Waals surface area contributed by atoms with E-state index in [1.165, 1.54) is 17.3 Å². The van der Waals surface area contributed by atoms with Crippen LogP contribution in [0.1, 0.15) is 46.1 Å². The largest absolute Gasteiger partial charge is 0.316 e. The third-order valence-corrected chi connectivity index (χ3v) is 8.15. The van der Waals surface area contributed by atoms with Crippen molar-refractivity contribution in [3.63, 3.8) is 0 Å². The topological polar surface area (TPSA) is 66.8 Å². The van der Waals surface area contributed by atoms with Crippen LogP contribution >= 0.6 is 11.8 Å². The summed E-state index contributed by atoms with van der Waals surface area (Å²) in [6.45, 7) is 7.71. The summed E-state index contributed by atoms with van der Waals surface area (Å²) < 4.78 is 24.3. The maximum absolute atomic E-state index is 12.5. The molecule has 2 fully saturated rings. The number of fused-ring (bicyclic) bond motifs is 1. The normalized spacial score (nSPS) is 25.8. The highest BCUT2D eigenvalue weighted by Gasteiger charge is 2.49. The Morgan fingerprint density at radius 2 is 1.89 bits per heavy atom. The summed E-state index contributed by atoms with van der Waals surface area (Å²) in [7, 11) is -3.05. The molecule has 2 aliphatic heterocycles. The van der Waals surface area contributed by atoms with Crippen molar-refractivity contribution in [2.45, 2.75) is 58.2 Å². The third-order valence-electron chi connectivity index (χ3n) is 4.94. The molecule has 0 aliphatic carbocycles. The number of amidine groups is 1. The standard InChI is InChI=1S/C20H28N2O3S2/c1-5-6-7-14-8-10-15(11-9-14)22-16-12-27(24,25)13-17(16)26-19(22)21-18(23)20(2,3)4/h8-11,16-17H,5-7,12-13H2,1-4H3/t16-,17-/m1/s1. The first-order valence-corrected chi connectivity index (χ1v) is 12.2. The molecule has 27 heavy (non-hydrogen) atoms. The summed E-state index contributed by atoms with van der Waals surface area (Å²) in [5.74, 6) is 0.0820. The summed E-state index contributed by atoms with van der Waals surface area (Å²) in [4.78, 5) is 18.8. The lowest BCUT2D eigenvalue weighted by molar-refractivity contribution is -0.124. The van der Waals surface area contributed by atoms with Crippen molar-refractivity contribution in [3.8, 4) is 0 Å². The van der Waals surface area contributed by atoms with Gasteiger partial charge in [0.05, 0.1) is 17.5 Å². The molecular formula is C20H28N2O3S2. The molecule has 7 heteroatoms. The Labute approximate surface area is 166 Å². The zero-order valence-corrected chi connectivity index (χ0v) is 18.1. The second kappa shape index (κ2) is 7.59. The highest BCUT2D eigenvalue weighted by Crippen LogP contribution is 2.41. The van der Waals surface area contributed by atoms with Crippen molar-refractivity contribution in [2.24, 2.45) is 10.4 Å². The van der Waals surface area contributed by atoms with Gasteiger partial charge in [-0.3, -0.25) is 4.79 Å². The molecule has 0 aromatic heterocycles. The second-order valence-corrected chi connectivity index (χ2v) is 11.8. The Morgan fingerprint density at radius 1 is 1.22 bits per heavy atom. The number of aliphatic imine (C=N–C) groups is 1. The number of sulfone groups is 1. The minimum absolute atomic E-state index is 0.0683. The van der Waals surface area contributed by atoms with Gasteiger partial charge in [-0.05, 0) is 30.5 Å². The zero-order chi connectivity index (χ0) is 19.8. The highest BCUT2D eigenvalue weighted by molar-refractivity contribution is 8.16. The van der Waals surface area contributed by atoms with E-state index in [0.29, 0.717) is 5.17 Å². The van der Waals surface area contributed by atoms with Crippen LogP contribution in [0.4, 0.5) is 5.69 Å². The van der Waals surface area contributed by atoms with E-state index in [-0.39, 0.29) is 28.7 Å². The molecule has 5 nitrogen and oxygen atoms in total. The van der Waals surface area contributed by atoms with Crippen molar-refractivity contribution >= 4 is 38.4 Å². The van der Waals surface area contributed by atoms with Gasteiger partial charge in [-0.25, -0.2) is 8.42 Å². The molecule has 148 valence electrons. The predicted molar refractivity (Wildman–Crippen MR) is 113 cm³/mol. The number of hydrogen-bond donors (Lipinski definition) is 0. The van der Waals surface area contributed by atoms with Crippen LogP contribution in [-0.2, 0) is 21.1 Å². The predicted octanol–water partition coefficient (Wildman–Crippen LogP) is 3.68. The van der Waals surface area contributed by atoms with Crippen molar-refractivity contribution in [3.05, 3.63) is 29.8 Å². The van der Waals surface area contributed by atoms with E-state index in [9.17, 15) is 13.2 Å². The SMILES string of the molecule is CCCCc1ccc(N2C(=NC(=O)C(C)(C)C)S[C@@H]3CS(=O)(=O)C[C@H]32)cc1. The van der Waals surface area contributed by atoms with E-state index in [2.05, 4.69) is 24.0 Å². The minimum atomic E-state index is -3.05. The van der Waals surface area contributed by atoms with Gasteiger partial charge in [0.2, 0.25) is 0 Å². The van der Waals surface area contributed by atoms with Crippen molar-refractivity contribution in [1.29, 1.82) is 0 Å². The van der Waals surface area contributed by atoms with E-state index >= 15 is 0 Å². The molecule has 0 unspecified atom stereocenters. The van der Waals surface area contributed by atoms with Gasteiger partial charge < -0.3 is 4.90 Å². The number of benzene rings is 1. The summed E-state index contributed by atoms with van der Waals surface area (Å²) >= 11 is 1.42. The zero-order valence-electron chi connectivity index (χ0n) is 16.4. The van der Waals surface area contributed by atoms with E-state index in [4.69, 9.17) is 0 Å². The maximum atomic E-state index is 12.5. The van der Waals surface area contributed by atoms with E-state index < -0.39 is 15.3 Å². The van der Waals surface area contributed by atoms with Gasteiger partial charge in [-0.1, -0.05) is 58.0 Å². The van der Waals surface area contributed by atoms with Gasteiger partial charge in [0.25, 0.3) is 5.91 Å². The lowest BCUT2D eigenvalue weighted by Gasteiger charge is -2.25. The first kappa shape index (κ1) is 20.4. The van der Waals surface area contributed by atoms with Crippen LogP contribution in [0.5, 0.6) is 0 Å². The molecule has 2 aliphatic rings. The fourth-order valence-electron chi connectivity index (χ4n) is 3.33. The smallest absolute Gasteiger partial charge is 0.253 e. The number of carbonyl (C=O) groups is 1. The number of unbranched alkanes of at least 4 members (excludes halogenated alkanes) is 1. The molecule has 2 saturated heterocycles. The van der Waals surface area contributed by atoms with Crippen LogP contribution in [0.25, 0.3) is 0 Å². The average Bonchev–Trinajstić information content (AvgIpc) is 3.03. The molecule has 3 rings (SSSR count). The summed E-state index contributed by atoms with van der Waals surface area (Å²) in [5.41, 5.74) is 1.62. The molecule has 2 atom stereocenters. The second-order valence-electron chi connectivity index (χ2n) is 8.39. The number of aryl methyl sites for hydroxylation is 1. The molecule has 0 saturated carbocycles. The molecule has 1 amide bonds. The Balaban J connectivity index is 1.93. The molecule has 0 bridgehead atoms. The molecule has 0 spiro atoms. The first-order valence-electron chi connectivity index (χ1n) is 9.49. The number of hydrogen-bond acceptors (Lipinski definition) is 4. The lowest BCUT2D eigenvalue weighted by atomic mass is 9.96. The van der Waals surface area contributed by atoms with E-state index in [1.54, 1.807) is 0 Å². The van der Waals surface area contributed by atoms with Crippen molar-refractivity contribution < 1.29 is 13.2 Å². The van der Waals surface area contributed by atoms with Crippen LogP contribution in [0.3, 0.4) is 0 Å². The molecule has 0 N–H and O–H groups in total.